The molecule has 0 amide bonds. The van der Waals surface area contributed by atoms with Crippen LogP contribution in [0.3, 0.4) is 0 Å². The highest BCUT2D eigenvalue weighted by Crippen LogP contribution is 2.36. The summed E-state index contributed by atoms with van der Waals surface area (Å²) in [5.41, 5.74) is 11.1. The molecule has 0 rings (SSSR count). The molecule has 0 bridgehead atoms. The molecular weight excluding hydrogens is 220 g/mol. The molecule has 5 heteroatoms. The molecule has 0 radical (unpaired) electrons. The summed E-state index contributed by atoms with van der Waals surface area (Å²) in [6.07, 6.45) is 1.36. The fraction of sp³-hybridized carbons (Fsp3) is 0.909. The summed E-state index contributed by atoms with van der Waals surface area (Å²) in [7, 11) is -2.03. The lowest BCUT2D eigenvalue weighted by Gasteiger charge is -2.36. The zero-order valence-corrected chi connectivity index (χ0v) is 12.2. The van der Waals surface area contributed by atoms with Crippen LogP contribution in [-0.4, -0.2) is 26.9 Å². The molecule has 0 aliphatic rings. The third-order valence-corrected chi connectivity index (χ3v) is 7.51. The minimum absolute atomic E-state index is 0.0241. The highest BCUT2D eigenvalue weighted by atomic mass is 28.4. The van der Waals surface area contributed by atoms with Crippen LogP contribution in [0.1, 0.15) is 33.6 Å². The zero-order valence-electron chi connectivity index (χ0n) is 11.2. The van der Waals surface area contributed by atoms with Crippen molar-refractivity contribution >= 4 is 14.3 Å². The van der Waals surface area contributed by atoms with Gasteiger partial charge in [-0.1, -0.05) is 20.8 Å². The number of rotatable bonds is 5. The Balaban J connectivity index is 4.33. The van der Waals surface area contributed by atoms with Crippen LogP contribution in [0.5, 0.6) is 0 Å². The monoisotopic (exact) mass is 246 g/mol. The van der Waals surface area contributed by atoms with Gasteiger partial charge in [0.05, 0.1) is 0 Å². The van der Waals surface area contributed by atoms with Crippen LogP contribution >= 0.6 is 0 Å². The van der Waals surface area contributed by atoms with Gasteiger partial charge in [0.2, 0.25) is 0 Å². The first kappa shape index (κ1) is 15.6. The van der Waals surface area contributed by atoms with Crippen molar-refractivity contribution in [2.24, 2.45) is 11.5 Å². The first-order chi connectivity index (χ1) is 7.12. The maximum absolute atomic E-state index is 11.8. The van der Waals surface area contributed by atoms with Crippen molar-refractivity contribution in [1.29, 1.82) is 0 Å². The van der Waals surface area contributed by atoms with E-state index in [1.807, 2.05) is 13.1 Å². The van der Waals surface area contributed by atoms with Crippen LogP contribution in [0.15, 0.2) is 0 Å². The van der Waals surface area contributed by atoms with E-state index in [-0.39, 0.29) is 11.0 Å². The largest absolute Gasteiger partial charge is 0.518 e. The van der Waals surface area contributed by atoms with E-state index in [4.69, 9.17) is 15.9 Å². The lowest BCUT2D eigenvalue weighted by atomic mass is 10.2. The molecule has 0 aromatic rings. The Morgan fingerprint density at radius 1 is 1.38 bits per heavy atom. The molecule has 0 fully saturated rings. The van der Waals surface area contributed by atoms with Crippen molar-refractivity contribution in [1.82, 2.24) is 0 Å². The number of carbonyl (C=O) groups is 1. The topological polar surface area (TPSA) is 78.3 Å². The van der Waals surface area contributed by atoms with Gasteiger partial charge in [0.1, 0.15) is 6.04 Å². The van der Waals surface area contributed by atoms with E-state index in [0.29, 0.717) is 13.0 Å². The Morgan fingerprint density at radius 3 is 2.25 bits per heavy atom. The quantitative estimate of drug-likeness (QED) is 0.722. The highest BCUT2D eigenvalue weighted by Gasteiger charge is 2.41. The normalized spacial score (nSPS) is 14.7. The summed E-state index contributed by atoms with van der Waals surface area (Å²) in [5.74, 6) is -0.278. The van der Waals surface area contributed by atoms with Gasteiger partial charge in [-0.05, 0) is 37.5 Å². The van der Waals surface area contributed by atoms with Gasteiger partial charge in [-0.25, -0.2) is 0 Å². The minimum atomic E-state index is -2.03. The van der Waals surface area contributed by atoms with Gasteiger partial charge >= 0.3 is 5.97 Å². The third kappa shape index (κ3) is 4.63. The predicted molar refractivity (Wildman–Crippen MR) is 69.6 cm³/mol. The Kier molecular flexibility index (Phi) is 5.65. The molecular formula is C11H26N2O2Si. The molecule has 16 heavy (non-hydrogen) atoms. The first-order valence-electron chi connectivity index (χ1n) is 5.80. The summed E-state index contributed by atoms with van der Waals surface area (Å²) < 4.78 is 5.60. The average molecular weight is 246 g/mol. The lowest BCUT2D eigenvalue weighted by molar-refractivity contribution is -0.137. The number of hydrogen-bond acceptors (Lipinski definition) is 4. The molecule has 0 spiro atoms. The second kappa shape index (κ2) is 5.79. The van der Waals surface area contributed by atoms with E-state index in [9.17, 15) is 4.79 Å². The number of hydrogen-bond donors (Lipinski definition) is 2. The molecule has 0 aromatic carbocycles. The standard InChI is InChI=1S/C11H26N2O2Si/c1-11(2,3)16(4,5)15-10(14)9(13)7-6-8-12/h9H,6-8,12-13H2,1-5H3/t9-/m0/s1. The molecule has 0 unspecified atom stereocenters. The molecule has 4 N–H and O–H groups in total. The van der Waals surface area contributed by atoms with Gasteiger partial charge in [-0.15, -0.1) is 0 Å². The maximum atomic E-state index is 11.8. The molecule has 0 saturated carbocycles. The van der Waals surface area contributed by atoms with Crippen molar-refractivity contribution in [2.45, 2.75) is 57.8 Å². The smallest absolute Gasteiger partial charge is 0.309 e. The Bertz CT molecular complexity index is 237. The molecule has 0 aliphatic carbocycles. The molecule has 0 heterocycles. The second-order valence-corrected chi connectivity index (χ2v) is 10.4. The summed E-state index contributed by atoms with van der Waals surface area (Å²) in [6.45, 7) is 10.9. The summed E-state index contributed by atoms with van der Waals surface area (Å²) in [5, 5.41) is 0.0241. The van der Waals surface area contributed by atoms with Crippen LogP contribution < -0.4 is 11.5 Å². The van der Waals surface area contributed by atoms with Crippen molar-refractivity contribution in [3.63, 3.8) is 0 Å². The molecule has 96 valence electrons. The third-order valence-electron chi connectivity index (χ3n) is 3.18. The second-order valence-electron chi connectivity index (χ2n) is 5.72. The summed E-state index contributed by atoms with van der Waals surface area (Å²) in [6, 6.07) is -0.530. The van der Waals surface area contributed by atoms with E-state index in [2.05, 4.69) is 20.8 Å². The van der Waals surface area contributed by atoms with Crippen LogP contribution in [0.25, 0.3) is 0 Å². The van der Waals surface area contributed by atoms with Crippen LogP contribution in [0.2, 0.25) is 18.1 Å². The van der Waals surface area contributed by atoms with Crippen LogP contribution in [-0.2, 0) is 9.22 Å². The van der Waals surface area contributed by atoms with Crippen LogP contribution in [0.4, 0.5) is 0 Å². The van der Waals surface area contributed by atoms with Gasteiger partial charge in [0, 0.05) is 0 Å². The van der Waals surface area contributed by atoms with Crippen molar-refractivity contribution in [2.75, 3.05) is 6.54 Å². The fourth-order valence-corrected chi connectivity index (χ4v) is 1.90. The summed E-state index contributed by atoms with van der Waals surface area (Å²) in [4.78, 5) is 11.8. The highest BCUT2D eigenvalue weighted by molar-refractivity contribution is 6.75. The van der Waals surface area contributed by atoms with Crippen molar-refractivity contribution < 1.29 is 9.22 Å². The molecule has 4 nitrogen and oxygen atoms in total. The maximum Gasteiger partial charge on any atom is 0.309 e. The van der Waals surface area contributed by atoms with Gasteiger partial charge in [-0.2, -0.15) is 0 Å². The van der Waals surface area contributed by atoms with E-state index in [1.54, 1.807) is 0 Å². The van der Waals surface area contributed by atoms with E-state index in [0.717, 1.165) is 6.42 Å². The molecule has 0 aromatic heterocycles. The Labute approximate surface area is 99.8 Å². The van der Waals surface area contributed by atoms with E-state index < -0.39 is 14.4 Å². The van der Waals surface area contributed by atoms with Gasteiger partial charge < -0.3 is 15.9 Å². The van der Waals surface area contributed by atoms with Crippen molar-refractivity contribution in [3.05, 3.63) is 0 Å². The van der Waals surface area contributed by atoms with Crippen LogP contribution in [0, 0.1) is 0 Å². The van der Waals surface area contributed by atoms with Gasteiger partial charge in [0.25, 0.3) is 8.32 Å². The first-order valence-corrected chi connectivity index (χ1v) is 8.71. The zero-order chi connectivity index (χ0) is 13.0. The van der Waals surface area contributed by atoms with Gasteiger partial charge in [-0.3, -0.25) is 4.79 Å². The lowest BCUT2D eigenvalue weighted by Crippen LogP contribution is -2.47. The average Bonchev–Trinajstić information content (AvgIpc) is 2.11. The Hall–Kier alpha value is -0.393. The van der Waals surface area contributed by atoms with Crippen molar-refractivity contribution in [3.8, 4) is 0 Å². The predicted octanol–water partition coefficient (Wildman–Crippen LogP) is 1.60. The summed E-state index contributed by atoms with van der Waals surface area (Å²) >= 11 is 0. The molecule has 1 atom stereocenters. The minimum Gasteiger partial charge on any atom is -0.518 e. The molecule has 0 aliphatic heterocycles. The SMILES string of the molecule is CC(C)(C)[Si](C)(C)OC(=O)[C@@H](N)CCCN. The van der Waals surface area contributed by atoms with E-state index >= 15 is 0 Å². The van der Waals surface area contributed by atoms with E-state index in [1.165, 1.54) is 0 Å². The molecule has 0 saturated heterocycles. The Morgan fingerprint density at radius 2 is 1.88 bits per heavy atom. The fourth-order valence-electron chi connectivity index (χ4n) is 0.936. The number of nitrogens with two attached hydrogens (primary N) is 2. The number of carbonyl (C=O) groups excluding carboxylic acids is 1. The van der Waals surface area contributed by atoms with Gasteiger partial charge in [0.15, 0.2) is 0 Å².